The van der Waals surface area contributed by atoms with Crippen LogP contribution in [0.3, 0.4) is 0 Å². The number of hydrogen-bond acceptors (Lipinski definition) is 8. The lowest BCUT2D eigenvalue weighted by Gasteiger charge is -2.07. The Bertz CT molecular complexity index is 2110. The topological polar surface area (TPSA) is 108 Å². The quantitative estimate of drug-likeness (QED) is 0.234. The van der Waals surface area contributed by atoms with Crippen molar-refractivity contribution in [3.05, 3.63) is 128 Å². The van der Waals surface area contributed by atoms with Gasteiger partial charge >= 0.3 is 0 Å². The SMILES string of the molecule is c1ccc(-c2ccc(-c3nc(-c4ccc(-c5ccccn5)cn4)nc(-c4cc5ccc6ccccc6n5n4)n3)nc2)nc1. The fourth-order valence-corrected chi connectivity index (χ4v) is 4.95. The summed E-state index contributed by atoms with van der Waals surface area (Å²) in [5.74, 6) is 1.27. The molecule has 0 atom stereocenters. The van der Waals surface area contributed by atoms with Crippen LogP contribution < -0.4 is 0 Å². The van der Waals surface area contributed by atoms with E-state index in [0.29, 0.717) is 34.6 Å². The lowest BCUT2D eigenvalue weighted by molar-refractivity contribution is 0.980. The molecule has 0 unspecified atom stereocenters. The van der Waals surface area contributed by atoms with Crippen LogP contribution >= 0.6 is 0 Å². The first-order chi connectivity index (χ1) is 21.3. The normalized spacial score (nSPS) is 11.3. The Labute approximate surface area is 245 Å². The van der Waals surface area contributed by atoms with Gasteiger partial charge in [0, 0.05) is 41.3 Å². The zero-order chi connectivity index (χ0) is 28.6. The van der Waals surface area contributed by atoms with Crippen molar-refractivity contribution in [3.63, 3.8) is 0 Å². The van der Waals surface area contributed by atoms with Gasteiger partial charge in [-0.3, -0.25) is 19.9 Å². The number of para-hydroxylation sites is 1. The summed E-state index contributed by atoms with van der Waals surface area (Å²) >= 11 is 0. The highest BCUT2D eigenvalue weighted by molar-refractivity contribution is 5.83. The molecular formula is C34H21N9. The van der Waals surface area contributed by atoms with E-state index in [4.69, 9.17) is 20.1 Å². The van der Waals surface area contributed by atoms with Crippen molar-refractivity contribution in [1.82, 2.24) is 44.5 Å². The van der Waals surface area contributed by atoms with Crippen LogP contribution in [-0.2, 0) is 0 Å². The van der Waals surface area contributed by atoms with E-state index >= 15 is 0 Å². The minimum absolute atomic E-state index is 0.421. The maximum atomic E-state index is 4.89. The number of nitrogens with zero attached hydrogens (tertiary/aromatic N) is 9. The van der Waals surface area contributed by atoms with Crippen molar-refractivity contribution < 1.29 is 0 Å². The molecule has 0 saturated carbocycles. The molecule has 202 valence electrons. The van der Waals surface area contributed by atoms with E-state index in [1.807, 2.05) is 95.5 Å². The molecule has 8 rings (SSSR count). The summed E-state index contributed by atoms with van der Waals surface area (Å²) in [7, 11) is 0. The van der Waals surface area contributed by atoms with Crippen molar-refractivity contribution in [1.29, 1.82) is 0 Å². The Balaban J connectivity index is 1.25. The van der Waals surface area contributed by atoms with E-state index in [9.17, 15) is 0 Å². The van der Waals surface area contributed by atoms with Crippen LogP contribution in [-0.4, -0.2) is 44.5 Å². The van der Waals surface area contributed by atoms with E-state index in [1.165, 1.54) is 0 Å². The van der Waals surface area contributed by atoms with Gasteiger partial charge in [0.2, 0.25) is 0 Å². The Hall–Kier alpha value is -6.22. The summed E-state index contributed by atoms with van der Waals surface area (Å²) in [6.07, 6.45) is 7.07. The van der Waals surface area contributed by atoms with Crippen molar-refractivity contribution in [3.8, 4) is 57.1 Å². The molecule has 0 amide bonds. The minimum atomic E-state index is 0.421. The Morgan fingerprint density at radius 1 is 0.442 bits per heavy atom. The standard InChI is InChI=1S/C34H21N9/c1-2-10-31-22(7-1)11-14-25-19-30(42-43(25)31)34-40-32(28-15-12-23(20-37-28)26-8-3-5-17-35-26)39-33(41-34)29-16-13-24(21-38-29)27-9-4-6-18-36-27/h1-21H. The highest BCUT2D eigenvalue weighted by Crippen LogP contribution is 2.27. The van der Waals surface area contributed by atoms with Gasteiger partial charge in [0.25, 0.3) is 0 Å². The van der Waals surface area contributed by atoms with Crippen LogP contribution in [0.4, 0.5) is 0 Å². The van der Waals surface area contributed by atoms with Gasteiger partial charge in [-0.15, -0.1) is 0 Å². The first-order valence-corrected chi connectivity index (χ1v) is 13.7. The zero-order valence-electron chi connectivity index (χ0n) is 22.6. The summed E-state index contributed by atoms with van der Waals surface area (Å²) in [6.45, 7) is 0. The van der Waals surface area contributed by atoms with E-state index in [0.717, 1.165) is 38.9 Å². The molecule has 7 heterocycles. The Morgan fingerprint density at radius 3 is 1.58 bits per heavy atom. The molecule has 43 heavy (non-hydrogen) atoms. The van der Waals surface area contributed by atoms with Crippen molar-refractivity contribution in [2.75, 3.05) is 0 Å². The fourth-order valence-electron chi connectivity index (χ4n) is 4.95. The predicted molar refractivity (Wildman–Crippen MR) is 164 cm³/mol. The van der Waals surface area contributed by atoms with Gasteiger partial charge in [0.1, 0.15) is 17.1 Å². The van der Waals surface area contributed by atoms with Crippen LogP contribution in [0.1, 0.15) is 0 Å². The molecule has 1 aromatic carbocycles. The third-order valence-corrected chi connectivity index (χ3v) is 7.11. The van der Waals surface area contributed by atoms with Gasteiger partial charge in [0.15, 0.2) is 17.5 Å². The van der Waals surface area contributed by atoms with Gasteiger partial charge in [-0.2, -0.15) is 5.10 Å². The maximum absolute atomic E-state index is 4.89. The molecule has 0 saturated heterocycles. The van der Waals surface area contributed by atoms with Crippen LogP contribution in [0.25, 0.3) is 73.5 Å². The highest BCUT2D eigenvalue weighted by Gasteiger charge is 2.17. The molecule has 0 fully saturated rings. The van der Waals surface area contributed by atoms with Gasteiger partial charge in [0.05, 0.1) is 22.4 Å². The smallest absolute Gasteiger partial charge is 0.184 e. The number of pyridine rings is 5. The molecule has 0 spiro atoms. The molecule has 8 aromatic rings. The average Bonchev–Trinajstić information content (AvgIpc) is 3.54. The molecular weight excluding hydrogens is 534 g/mol. The van der Waals surface area contributed by atoms with Gasteiger partial charge in [-0.05, 0) is 66.7 Å². The van der Waals surface area contributed by atoms with Crippen LogP contribution in [0.15, 0.2) is 128 Å². The second-order valence-electron chi connectivity index (χ2n) is 9.86. The summed E-state index contributed by atoms with van der Waals surface area (Å²) in [5.41, 5.74) is 7.24. The Morgan fingerprint density at radius 2 is 1.02 bits per heavy atom. The second kappa shape index (κ2) is 10.3. The van der Waals surface area contributed by atoms with Crippen molar-refractivity contribution >= 4 is 16.4 Å². The van der Waals surface area contributed by atoms with Crippen LogP contribution in [0, 0.1) is 0 Å². The lowest BCUT2D eigenvalue weighted by Crippen LogP contribution is -2.02. The number of hydrogen-bond donors (Lipinski definition) is 0. The largest absolute Gasteiger partial charge is 0.256 e. The zero-order valence-corrected chi connectivity index (χ0v) is 22.6. The maximum Gasteiger partial charge on any atom is 0.184 e. The van der Waals surface area contributed by atoms with Crippen molar-refractivity contribution in [2.24, 2.45) is 0 Å². The van der Waals surface area contributed by atoms with E-state index in [2.05, 4.69) is 32.1 Å². The second-order valence-corrected chi connectivity index (χ2v) is 9.86. The van der Waals surface area contributed by atoms with Crippen molar-refractivity contribution in [2.45, 2.75) is 0 Å². The molecule has 9 heteroatoms. The third kappa shape index (κ3) is 4.64. The highest BCUT2D eigenvalue weighted by atomic mass is 15.2. The first-order valence-electron chi connectivity index (χ1n) is 13.7. The first kappa shape index (κ1) is 24.6. The fraction of sp³-hybridized carbons (Fsp3) is 0. The molecule has 0 aliphatic rings. The monoisotopic (exact) mass is 555 g/mol. The predicted octanol–water partition coefficient (Wildman–Crippen LogP) is 6.59. The number of benzene rings is 1. The van der Waals surface area contributed by atoms with E-state index < -0.39 is 0 Å². The lowest BCUT2D eigenvalue weighted by atomic mass is 10.1. The minimum Gasteiger partial charge on any atom is -0.256 e. The van der Waals surface area contributed by atoms with E-state index in [1.54, 1.807) is 24.8 Å². The average molecular weight is 556 g/mol. The summed E-state index contributed by atoms with van der Waals surface area (Å²) in [4.78, 5) is 32.7. The van der Waals surface area contributed by atoms with E-state index in [-0.39, 0.29) is 0 Å². The molecule has 0 aliphatic heterocycles. The van der Waals surface area contributed by atoms with Gasteiger partial charge < -0.3 is 0 Å². The van der Waals surface area contributed by atoms with Gasteiger partial charge in [-0.1, -0.05) is 36.4 Å². The third-order valence-electron chi connectivity index (χ3n) is 7.11. The Kier molecular flexibility index (Phi) is 5.89. The number of rotatable bonds is 5. The molecule has 7 aromatic heterocycles. The summed E-state index contributed by atoms with van der Waals surface area (Å²) in [5, 5.41) is 5.99. The van der Waals surface area contributed by atoms with Crippen LogP contribution in [0.2, 0.25) is 0 Å². The summed E-state index contributed by atoms with van der Waals surface area (Å²) < 4.78 is 1.91. The molecule has 0 N–H and O–H groups in total. The molecule has 0 bridgehead atoms. The number of fused-ring (bicyclic) bond motifs is 3. The summed E-state index contributed by atoms with van der Waals surface area (Å²) in [6, 6.07) is 33.5. The van der Waals surface area contributed by atoms with Gasteiger partial charge in [-0.25, -0.2) is 19.5 Å². The number of aromatic nitrogens is 9. The molecule has 0 radical (unpaired) electrons. The van der Waals surface area contributed by atoms with Crippen LogP contribution in [0.5, 0.6) is 0 Å². The molecule has 0 aliphatic carbocycles. The molecule has 9 nitrogen and oxygen atoms in total.